The van der Waals surface area contributed by atoms with Gasteiger partial charge in [0.05, 0.1) is 22.4 Å². The maximum atomic E-state index is 11.7. The number of hydrogen-bond acceptors (Lipinski definition) is 4. The van der Waals surface area contributed by atoms with E-state index in [1.807, 2.05) is 25.3 Å². The predicted octanol–water partition coefficient (Wildman–Crippen LogP) is 6.43. The zero-order chi connectivity index (χ0) is 21.4. The van der Waals surface area contributed by atoms with Gasteiger partial charge in [0.25, 0.3) is 0 Å². The Morgan fingerprint density at radius 1 is 1.20 bits per heavy atom. The summed E-state index contributed by atoms with van der Waals surface area (Å²) in [4.78, 5) is 23.4. The molecular weight excluding hydrogens is 396 g/mol. The highest BCUT2D eigenvalue weighted by Crippen LogP contribution is 2.39. The molecule has 0 atom stereocenters. The number of Topliss-reactive ketones (excluding diaryl/α,β-unsaturated/α-hetero) is 1. The van der Waals surface area contributed by atoms with Gasteiger partial charge in [-0.25, -0.2) is 4.98 Å². The largest absolute Gasteiger partial charge is 0.310 e. The predicted molar refractivity (Wildman–Crippen MR) is 123 cm³/mol. The van der Waals surface area contributed by atoms with Crippen molar-refractivity contribution in [2.24, 2.45) is 0 Å². The molecule has 0 fully saturated rings. The molecule has 3 heterocycles. The van der Waals surface area contributed by atoms with E-state index in [1.165, 1.54) is 11.1 Å². The van der Waals surface area contributed by atoms with Gasteiger partial charge in [0.15, 0.2) is 5.78 Å². The summed E-state index contributed by atoms with van der Waals surface area (Å²) < 4.78 is 2.35. The second-order valence-corrected chi connectivity index (χ2v) is 8.59. The second-order valence-electron chi connectivity index (χ2n) is 8.18. The normalized spacial score (nSPS) is 14.3. The van der Waals surface area contributed by atoms with Crippen LogP contribution in [0, 0.1) is 6.92 Å². The van der Waals surface area contributed by atoms with E-state index < -0.39 is 0 Å². The molecule has 158 valence electrons. The maximum Gasteiger partial charge on any atom is 0.211 e. The van der Waals surface area contributed by atoms with Crippen molar-refractivity contribution in [1.29, 1.82) is 0 Å². The summed E-state index contributed by atoms with van der Waals surface area (Å²) in [5.41, 5.74) is 5.92. The van der Waals surface area contributed by atoms with E-state index in [9.17, 15) is 4.79 Å². The highest BCUT2D eigenvalue weighted by atomic mass is 35.5. The molecule has 0 unspecified atom stereocenters. The molecule has 30 heavy (non-hydrogen) atoms. The molecule has 3 aromatic rings. The lowest BCUT2D eigenvalue weighted by Gasteiger charge is -2.24. The molecule has 1 aliphatic heterocycles. The molecule has 6 heteroatoms. The van der Waals surface area contributed by atoms with Crippen LogP contribution in [0.25, 0.3) is 11.0 Å². The number of pyridine rings is 1. The average Bonchev–Trinajstić information content (AvgIpc) is 2.99. The van der Waals surface area contributed by atoms with Gasteiger partial charge < -0.3 is 9.47 Å². The van der Waals surface area contributed by atoms with Crippen molar-refractivity contribution in [3.8, 4) is 0 Å². The number of ketones is 1. The number of carbonyl (C=O) groups excluding carboxylic acids is 1. The summed E-state index contributed by atoms with van der Waals surface area (Å²) in [6.45, 7) is 9.85. The fourth-order valence-corrected chi connectivity index (χ4v) is 4.78. The lowest BCUT2D eigenvalue weighted by Crippen LogP contribution is -2.21. The minimum absolute atomic E-state index is 0.0191. The molecule has 4 rings (SSSR count). The summed E-state index contributed by atoms with van der Waals surface area (Å²) in [5, 5.41) is 0.696. The number of anilines is 2. The van der Waals surface area contributed by atoms with E-state index in [4.69, 9.17) is 16.6 Å². The van der Waals surface area contributed by atoms with E-state index in [1.54, 1.807) is 6.92 Å². The van der Waals surface area contributed by atoms with Crippen molar-refractivity contribution < 1.29 is 4.79 Å². The van der Waals surface area contributed by atoms with Crippen LogP contribution in [0.2, 0.25) is 5.02 Å². The van der Waals surface area contributed by atoms with E-state index >= 15 is 0 Å². The Balaban J connectivity index is 1.93. The summed E-state index contributed by atoms with van der Waals surface area (Å²) in [6.07, 6.45) is 6.14. The number of aryl methyl sites for hydroxylation is 2. The van der Waals surface area contributed by atoms with Crippen molar-refractivity contribution in [1.82, 2.24) is 14.5 Å². The fraction of sp³-hybridized carbons (Fsp3) is 0.458. The number of hydrogen-bond donors (Lipinski definition) is 0. The molecule has 0 bridgehead atoms. The van der Waals surface area contributed by atoms with E-state index in [2.05, 4.69) is 34.4 Å². The van der Waals surface area contributed by atoms with Crippen LogP contribution in [0.15, 0.2) is 24.4 Å². The number of aromatic nitrogens is 3. The molecule has 5 nitrogen and oxygen atoms in total. The first kappa shape index (κ1) is 20.9. The number of imidazole rings is 1. The molecular formula is C24H29ClN4O. The number of rotatable bonds is 5. The van der Waals surface area contributed by atoms with Crippen molar-refractivity contribution in [2.75, 3.05) is 11.4 Å². The molecule has 0 radical (unpaired) electrons. The summed E-state index contributed by atoms with van der Waals surface area (Å²) in [5.74, 6) is 1.39. The third kappa shape index (κ3) is 3.49. The number of halogens is 1. The van der Waals surface area contributed by atoms with Crippen molar-refractivity contribution >= 4 is 40.1 Å². The highest BCUT2D eigenvalue weighted by molar-refractivity contribution is 6.35. The minimum atomic E-state index is -0.0191. The Kier molecular flexibility index (Phi) is 5.83. The number of carbonyl (C=O) groups is 1. The first-order chi connectivity index (χ1) is 14.5. The van der Waals surface area contributed by atoms with Gasteiger partial charge in [0.2, 0.25) is 5.95 Å². The molecule has 1 aliphatic rings. The van der Waals surface area contributed by atoms with Gasteiger partial charge in [-0.1, -0.05) is 31.5 Å². The SMILES string of the molecule is CCC(CC)c1ccc(Cl)c2nc3n(c12)CCCCN3c1cnc(C(C)=O)cc1C. The van der Waals surface area contributed by atoms with Gasteiger partial charge >= 0.3 is 0 Å². The van der Waals surface area contributed by atoms with E-state index in [0.717, 1.165) is 61.5 Å². The van der Waals surface area contributed by atoms with Gasteiger partial charge in [-0.15, -0.1) is 0 Å². The number of fused-ring (bicyclic) bond motifs is 3. The average molecular weight is 425 g/mol. The number of nitrogens with zero attached hydrogens (tertiary/aromatic N) is 4. The molecule has 0 saturated carbocycles. The van der Waals surface area contributed by atoms with E-state index in [-0.39, 0.29) is 5.78 Å². The molecule has 0 N–H and O–H groups in total. The Morgan fingerprint density at radius 3 is 2.60 bits per heavy atom. The Hall–Kier alpha value is -2.40. The van der Waals surface area contributed by atoms with Crippen molar-refractivity contribution in [3.05, 3.63) is 46.2 Å². The zero-order valence-corrected chi connectivity index (χ0v) is 19.0. The Bertz CT molecular complexity index is 1100. The molecule has 0 saturated heterocycles. The Morgan fingerprint density at radius 2 is 1.93 bits per heavy atom. The molecule has 0 amide bonds. The first-order valence-electron chi connectivity index (χ1n) is 10.9. The van der Waals surface area contributed by atoms with E-state index in [0.29, 0.717) is 16.6 Å². The monoisotopic (exact) mass is 424 g/mol. The molecule has 1 aromatic carbocycles. The maximum absolute atomic E-state index is 11.7. The molecule has 2 aromatic heterocycles. The van der Waals surface area contributed by atoms with Crippen LogP contribution in [-0.4, -0.2) is 26.9 Å². The lowest BCUT2D eigenvalue weighted by atomic mass is 9.93. The van der Waals surface area contributed by atoms with Crippen LogP contribution in [-0.2, 0) is 6.54 Å². The summed E-state index contributed by atoms with van der Waals surface area (Å²) in [7, 11) is 0. The van der Waals surface area contributed by atoms with Gasteiger partial charge in [-0.2, -0.15) is 0 Å². The summed E-state index contributed by atoms with van der Waals surface area (Å²) in [6, 6.07) is 6.04. The summed E-state index contributed by atoms with van der Waals surface area (Å²) >= 11 is 6.62. The third-order valence-electron chi connectivity index (χ3n) is 6.27. The van der Waals surface area contributed by atoms with Gasteiger partial charge in [-0.05, 0) is 61.8 Å². The van der Waals surface area contributed by atoms with Crippen LogP contribution in [0.4, 0.5) is 11.6 Å². The fourth-order valence-electron chi connectivity index (χ4n) is 4.59. The van der Waals surface area contributed by atoms with Crippen molar-refractivity contribution in [2.45, 2.75) is 65.8 Å². The minimum Gasteiger partial charge on any atom is -0.310 e. The Labute approximate surface area is 183 Å². The zero-order valence-electron chi connectivity index (χ0n) is 18.2. The molecule has 0 aliphatic carbocycles. The third-order valence-corrected chi connectivity index (χ3v) is 6.58. The van der Waals surface area contributed by atoms with Crippen LogP contribution in [0.5, 0.6) is 0 Å². The van der Waals surface area contributed by atoms with Crippen LogP contribution in [0.1, 0.15) is 74.0 Å². The smallest absolute Gasteiger partial charge is 0.211 e. The van der Waals surface area contributed by atoms with Gasteiger partial charge in [0.1, 0.15) is 11.2 Å². The molecule has 0 spiro atoms. The van der Waals surface area contributed by atoms with Crippen molar-refractivity contribution in [3.63, 3.8) is 0 Å². The standard InChI is InChI=1S/C24H29ClN4O/c1-5-17(6-2)18-9-10-19(25)22-23(18)29-12-8-7-11-28(24(29)27-22)21-14-26-20(16(4)30)13-15(21)3/h9-10,13-14,17H,5-8,11-12H2,1-4H3. The topological polar surface area (TPSA) is 51.0 Å². The first-order valence-corrected chi connectivity index (χ1v) is 11.3. The van der Waals surface area contributed by atoms with Gasteiger partial charge in [0, 0.05) is 20.0 Å². The highest BCUT2D eigenvalue weighted by Gasteiger charge is 2.26. The van der Waals surface area contributed by atoms with Crippen LogP contribution < -0.4 is 4.90 Å². The number of benzene rings is 1. The quantitative estimate of drug-likeness (QED) is 0.442. The second kappa shape index (κ2) is 8.38. The van der Waals surface area contributed by atoms with Crippen LogP contribution in [0.3, 0.4) is 0 Å². The van der Waals surface area contributed by atoms with Gasteiger partial charge in [-0.3, -0.25) is 9.78 Å². The lowest BCUT2D eigenvalue weighted by molar-refractivity contribution is 0.101. The van der Waals surface area contributed by atoms with Crippen LogP contribution >= 0.6 is 11.6 Å².